The molecular formula is C23H27ClN2. The molecule has 2 aromatic carbocycles. The van der Waals surface area contributed by atoms with Gasteiger partial charge in [0.1, 0.15) is 6.04 Å². The van der Waals surface area contributed by atoms with Gasteiger partial charge in [-0.3, -0.25) is 5.32 Å². The van der Waals surface area contributed by atoms with Gasteiger partial charge in [-0.1, -0.05) is 91.4 Å². The number of nitriles is 1. The normalized spacial score (nSPS) is 13.0. The van der Waals surface area contributed by atoms with Gasteiger partial charge in [-0.05, 0) is 31.9 Å². The first-order chi connectivity index (χ1) is 12.7. The molecule has 0 saturated heterocycles. The Hall–Kier alpha value is -2.34. The molecule has 0 spiro atoms. The number of hydrogen-bond donors (Lipinski definition) is 1. The predicted octanol–water partition coefficient (Wildman–Crippen LogP) is 6.78. The zero-order valence-electron chi connectivity index (χ0n) is 15.7. The van der Waals surface area contributed by atoms with Crippen LogP contribution in [0.5, 0.6) is 0 Å². The van der Waals surface area contributed by atoms with Gasteiger partial charge in [0, 0.05) is 10.6 Å². The first-order valence-corrected chi connectivity index (χ1v) is 9.24. The van der Waals surface area contributed by atoms with Crippen LogP contribution in [0.3, 0.4) is 0 Å². The van der Waals surface area contributed by atoms with E-state index in [4.69, 9.17) is 11.6 Å². The molecule has 1 N–H and O–H groups in total. The maximum absolute atomic E-state index is 9.47. The molecule has 0 fully saturated rings. The second-order valence-electron chi connectivity index (χ2n) is 5.64. The summed E-state index contributed by atoms with van der Waals surface area (Å²) in [5, 5.41) is 13.4. The van der Waals surface area contributed by atoms with Crippen molar-refractivity contribution in [3.05, 3.63) is 95.1 Å². The monoisotopic (exact) mass is 366 g/mol. The van der Waals surface area contributed by atoms with E-state index in [0.717, 1.165) is 17.5 Å². The minimum Gasteiger partial charge on any atom is -0.288 e. The van der Waals surface area contributed by atoms with E-state index in [9.17, 15) is 5.26 Å². The molecule has 0 amide bonds. The van der Waals surface area contributed by atoms with Crippen molar-refractivity contribution >= 4 is 11.6 Å². The number of hydrogen-bond acceptors (Lipinski definition) is 2. The number of nitrogens with zero attached hydrogens (tertiary/aromatic N) is 1. The fourth-order valence-electron chi connectivity index (χ4n) is 2.44. The highest BCUT2D eigenvalue weighted by Gasteiger charge is 2.18. The Labute approximate surface area is 162 Å². The third-order valence-electron chi connectivity index (χ3n) is 3.71. The summed E-state index contributed by atoms with van der Waals surface area (Å²) in [6, 6.07) is 19.3. The van der Waals surface area contributed by atoms with Gasteiger partial charge in [0.2, 0.25) is 0 Å². The zero-order chi connectivity index (χ0) is 19.2. The summed E-state index contributed by atoms with van der Waals surface area (Å²) in [6.45, 7) is 6.12. The van der Waals surface area contributed by atoms with E-state index < -0.39 is 6.04 Å². The highest BCUT2D eigenvalue weighted by molar-refractivity contribution is 6.31. The molecule has 136 valence electrons. The van der Waals surface area contributed by atoms with Gasteiger partial charge < -0.3 is 0 Å². The van der Waals surface area contributed by atoms with Crippen molar-refractivity contribution in [2.75, 3.05) is 0 Å². The smallest absolute Gasteiger partial charge is 0.123 e. The first kappa shape index (κ1) is 21.7. The second kappa shape index (κ2) is 12.9. The molecule has 0 aliphatic carbocycles. The summed E-state index contributed by atoms with van der Waals surface area (Å²) in [6.07, 6.45) is 9.36. The van der Waals surface area contributed by atoms with E-state index in [1.165, 1.54) is 0 Å². The minimum absolute atomic E-state index is 0.0304. The van der Waals surface area contributed by atoms with Crippen molar-refractivity contribution in [1.82, 2.24) is 5.32 Å². The quantitative estimate of drug-likeness (QED) is 0.571. The van der Waals surface area contributed by atoms with Crippen LogP contribution < -0.4 is 5.32 Å². The number of benzene rings is 2. The molecular weight excluding hydrogens is 340 g/mol. The third kappa shape index (κ3) is 7.27. The Bertz CT molecular complexity index is 729. The third-order valence-corrected chi connectivity index (χ3v) is 4.05. The van der Waals surface area contributed by atoms with Gasteiger partial charge in [0.25, 0.3) is 0 Å². The molecule has 0 aromatic heterocycles. The lowest BCUT2D eigenvalue weighted by atomic mass is 10.0. The molecule has 2 unspecified atom stereocenters. The lowest BCUT2D eigenvalue weighted by Gasteiger charge is -2.20. The summed E-state index contributed by atoms with van der Waals surface area (Å²) in [7, 11) is 0. The van der Waals surface area contributed by atoms with Crippen LogP contribution in [0.4, 0.5) is 0 Å². The standard InChI is InChI=1S/C18H17ClN2.C5H10/c1-2-8-17(14-9-4-3-5-10-14)21-18(13-20)15-11-6-7-12-16(15)19;1-3-5-4-2/h2-12,17-18,21H,1H3;3,5H,4H2,1-2H3/b8-2+;5-3-. The van der Waals surface area contributed by atoms with Crippen molar-refractivity contribution in [3.8, 4) is 6.07 Å². The number of halogens is 1. The predicted molar refractivity (Wildman–Crippen MR) is 112 cm³/mol. The van der Waals surface area contributed by atoms with Crippen LogP contribution in [-0.4, -0.2) is 0 Å². The topological polar surface area (TPSA) is 35.8 Å². The van der Waals surface area contributed by atoms with Crippen LogP contribution in [0.15, 0.2) is 78.9 Å². The van der Waals surface area contributed by atoms with Gasteiger partial charge >= 0.3 is 0 Å². The van der Waals surface area contributed by atoms with Gasteiger partial charge in [0.05, 0.1) is 12.1 Å². The second-order valence-corrected chi connectivity index (χ2v) is 6.05. The highest BCUT2D eigenvalue weighted by Crippen LogP contribution is 2.25. The molecule has 2 aromatic rings. The summed E-state index contributed by atoms with van der Waals surface area (Å²) < 4.78 is 0. The van der Waals surface area contributed by atoms with Gasteiger partial charge in [-0.25, -0.2) is 0 Å². The molecule has 26 heavy (non-hydrogen) atoms. The first-order valence-electron chi connectivity index (χ1n) is 8.86. The Kier molecular flexibility index (Phi) is 10.8. The Morgan fingerprint density at radius 2 is 1.69 bits per heavy atom. The van der Waals surface area contributed by atoms with Crippen LogP contribution in [0.1, 0.15) is 50.4 Å². The molecule has 3 heteroatoms. The minimum atomic E-state index is -0.458. The van der Waals surface area contributed by atoms with Gasteiger partial charge in [-0.15, -0.1) is 0 Å². The summed E-state index contributed by atoms with van der Waals surface area (Å²) in [5.74, 6) is 0. The largest absolute Gasteiger partial charge is 0.288 e. The fraction of sp³-hybridized carbons (Fsp3) is 0.261. The van der Waals surface area contributed by atoms with Crippen molar-refractivity contribution in [2.45, 2.75) is 39.3 Å². The van der Waals surface area contributed by atoms with Crippen LogP contribution in [0.2, 0.25) is 5.02 Å². The SMILES string of the molecule is C/C=C/C(NC(C#N)c1ccccc1Cl)c1ccccc1.C/C=C\CC. The highest BCUT2D eigenvalue weighted by atomic mass is 35.5. The van der Waals surface area contributed by atoms with E-state index in [2.05, 4.69) is 30.5 Å². The van der Waals surface area contributed by atoms with E-state index in [0.29, 0.717) is 5.02 Å². The molecule has 2 atom stereocenters. The van der Waals surface area contributed by atoms with Crippen LogP contribution in [-0.2, 0) is 0 Å². The number of nitrogens with one attached hydrogen (secondary N) is 1. The van der Waals surface area contributed by atoms with Crippen LogP contribution >= 0.6 is 11.6 Å². The zero-order valence-corrected chi connectivity index (χ0v) is 16.4. The van der Waals surface area contributed by atoms with E-state index in [1.54, 1.807) is 6.07 Å². The molecule has 0 aliphatic heterocycles. The van der Waals surface area contributed by atoms with Crippen molar-refractivity contribution in [2.24, 2.45) is 0 Å². The molecule has 2 nitrogen and oxygen atoms in total. The number of rotatable bonds is 6. The molecule has 2 rings (SSSR count). The van der Waals surface area contributed by atoms with E-state index in [-0.39, 0.29) is 6.04 Å². The molecule has 0 radical (unpaired) electrons. The lowest BCUT2D eigenvalue weighted by Crippen LogP contribution is -2.24. The van der Waals surface area contributed by atoms with E-state index in [1.807, 2.05) is 74.5 Å². The summed E-state index contributed by atoms with van der Waals surface area (Å²) in [4.78, 5) is 0. The van der Waals surface area contributed by atoms with E-state index >= 15 is 0 Å². The van der Waals surface area contributed by atoms with Crippen molar-refractivity contribution in [1.29, 1.82) is 5.26 Å². The molecule has 0 saturated carbocycles. The Morgan fingerprint density at radius 1 is 1.04 bits per heavy atom. The summed E-state index contributed by atoms with van der Waals surface area (Å²) >= 11 is 6.20. The fourth-order valence-corrected chi connectivity index (χ4v) is 2.68. The van der Waals surface area contributed by atoms with Crippen molar-refractivity contribution < 1.29 is 0 Å². The summed E-state index contributed by atoms with van der Waals surface area (Å²) in [5.41, 5.74) is 1.91. The molecule has 0 heterocycles. The maximum atomic E-state index is 9.47. The Balaban J connectivity index is 0.000000597. The lowest BCUT2D eigenvalue weighted by molar-refractivity contribution is 0.571. The van der Waals surface area contributed by atoms with Crippen LogP contribution in [0, 0.1) is 11.3 Å². The van der Waals surface area contributed by atoms with Gasteiger partial charge in [-0.2, -0.15) is 5.26 Å². The average Bonchev–Trinajstić information content (AvgIpc) is 2.68. The Morgan fingerprint density at radius 3 is 2.19 bits per heavy atom. The van der Waals surface area contributed by atoms with Gasteiger partial charge in [0.15, 0.2) is 0 Å². The molecule has 0 aliphatic rings. The average molecular weight is 367 g/mol. The van der Waals surface area contributed by atoms with Crippen LogP contribution in [0.25, 0.3) is 0 Å². The number of allylic oxidation sites excluding steroid dienone is 3. The van der Waals surface area contributed by atoms with Crippen molar-refractivity contribution in [3.63, 3.8) is 0 Å². The molecule has 0 bridgehead atoms. The maximum Gasteiger partial charge on any atom is 0.123 e.